The Balaban J connectivity index is 1.82. The van der Waals surface area contributed by atoms with Crippen molar-refractivity contribution in [2.45, 2.75) is 32.6 Å². The van der Waals surface area contributed by atoms with E-state index in [1.807, 2.05) is 24.3 Å². The molecule has 2 N–H and O–H groups in total. The van der Waals surface area contributed by atoms with Gasteiger partial charge in [0, 0.05) is 4.47 Å². The Labute approximate surface area is 118 Å². The van der Waals surface area contributed by atoms with E-state index in [1.165, 1.54) is 19.3 Å². The van der Waals surface area contributed by atoms with Gasteiger partial charge in [0.1, 0.15) is 5.75 Å². The summed E-state index contributed by atoms with van der Waals surface area (Å²) < 4.78 is 6.89. The van der Waals surface area contributed by atoms with Crippen LogP contribution < -0.4 is 10.5 Å². The van der Waals surface area contributed by atoms with Crippen LogP contribution in [0.3, 0.4) is 0 Å². The molecule has 2 rings (SSSR count). The van der Waals surface area contributed by atoms with Crippen LogP contribution in [-0.2, 0) is 0 Å². The van der Waals surface area contributed by atoms with Crippen LogP contribution in [0.15, 0.2) is 28.7 Å². The number of hydrogen-bond acceptors (Lipinski definition) is 2. The fourth-order valence-electron chi connectivity index (χ4n) is 2.93. The summed E-state index contributed by atoms with van der Waals surface area (Å²) in [6.45, 7) is 3.89. The monoisotopic (exact) mass is 311 g/mol. The molecule has 0 aliphatic heterocycles. The Kier molecular flexibility index (Phi) is 4.68. The Morgan fingerprint density at radius 3 is 2.67 bits per heavy atom. The van der Waals surface area contributed by atoms with Crippen molar-refractivity contribution in [1.82, 2.24) is 0 Å². The molecule has 1 aromatic rings. The zero-order valence-electron chi connectivity index (χ0n) is 11.0. The largest absolute Gasteiger partial charge is 0.494 e. The summed E-state index contributed by atoms with van der Waals surface area (Å²) in [7, 11) is 0. The first-order valence-electron chi connectivity index (χ1n) is 6.72. The van der Waals surface area contributed by atoms with Crippen LogP contribution in [0.25, 0.3) is 0 Å². The highest BCUT2D eigenvalue weighted by Crippen LogP contribution is 2.43. The molecule has 100 valence electrons. The maximum Gasteiger partial charge on any atom is 0.119 e. The molecule has 0 heterocycles. The highest BCUT2D eigenvalue weighted by molar-refractivity contribution is 9.10. The van der Waals surface area contributed by atoms with Gasteiger partial charge in [-0.1, -0.05) is 29.3 Å². The first kappa shape index (κ1) is 13.9. The minimum Gasteiger partial charge on any atom is -0.494 e. The standard InChI is InChI=1S/C15H22BrNO/c1-12-6-7-15(10-12,11-17)8-9-18-14-4-2-13(16)3-5-14/h2-5,12H,6-11,17H2,1H3. The molecule has 1 saturated carbocycles. The van der Waals surface area contributed by atoms with Crippen LogP contribution in [-0.4, -0.2) is 13.2 Å². The molecule has 1 aromatic carbocycles. The Morgan fingerprint density at radius 2 is 2.11 bits per heavy atom. The predicted octanol–water partition coefficient (Wildman–Crippen LogP) is 3.98. The van der Waals surface area contributed by atoms with E-state index in [-0.39, 0.29) is 0 Å². The summed E-state index contributed by atoms with van der Waals surface area (Å²) in [4.78, 5) is 0. The lowest BCUT2D eigenvalue weighted by molar-refractivity contribution is 0.200. The third-order valence-corrected chi connectivity index (χ3v) is 4.63. The molecule has 3 heteroatoms. The molecule has 2 unspecified atom stereocenters. The normalized spacial score (nSPS) is 27.4. The van der Waals surface area contributed by atoms with Gasteiger partial charge in [-0.25, -0.2) is 0 Å². The first-order chi connectivity index (χ1) is 8.63. The quantitative estimate of drug-likeness (QED) is 0.892. The van der Waals surface area contributed by atoms with E-state index >= 15 is 0 Å². The summed E-state index contributed by atoms with van der Waals surface area (Å²) in [5.74, 6) is 1.76. The van der Waals surface area contributed by atoms with Gasteiger partial charge in [0.2, 0.25) is 0 Å². The summed E-state index contributed by atoms with van der Waals surface area (Å²) in [5.41, 5.74) is 6.30. The number of halogens is 1. The first-order valence-corrected chi connectivity index (χ1v) is 7.51. The number of hydrogen-bond donors (Lipinski definition) is 1. The number of nitrogens with two attached hydrogens (primary N) is 1. The third-order valence-electron chi connectivity index (χ3n) is 4.10. The molecule has 18 heavy (non-hydrogen) atoms. The lowest BCUT2D eigenvalue weighted by Crippen LogP contribution is -2.29. The van der Waals surface area contributed by atoms with Gasteiger partial charge in [0.25, 0.3) is 0 Å². The lowest BCUT2D eigenvalue weighted by Gasteiger charge is -2.27. The minimum absolute atomic E-state index is 0.328. The summed E-state index contributed by atoms with van der Waals surface area (Å²) in [6.07, 6.45) is 4.90. The Morgan fingerprint density at radius 1 is 1.39 bits per heavy atom. The number of benzene rings is 1. The van der Waals surface area contributed by atoms with Gasteiger partial charge in [0.05, 0.1) is 6.61 Å². The molecule has 0 radical (unpaired) electrons. The van der Waals surface area contributed by atoms with E-state index in [0.717, 1.165) is 35.7 Å². The van der Waals surface area contributed by atoms with Gasteiger partial charge >= 0.3 is 0 Å². The molecular formula is C15H22BrNO. The fraction of sp³-hybridized carbons (Fsp3) is 0.600. The number of ether oxygens (including phenoxy) is 1. The van der Waals surface area contributed by atoms with E-state index in [4.69, 9.17) is 10.5 Å². The average Bonchev–Trinajstić information content (AvgIpc) is 2.74. The molecule has 2 nitrogen and oxygen atoms in total. The van der Waals surface area contributed by atoms with E-state index in [1.54, 1.807) is 0 Å². The molecule has 0 bridgehead atoms. The van der Waals surface area contributed by atoms with Crippen molar-refractivity contribution < 1.29 is 4.74 Å². The second-order valence-electron chi connectivity index (χ2n) is 5.60. The van der Waals surface area contributed by atoms with Crippen LogP contribution in [0.5, 0.6) is 5.75 Å². The Bertz CT molecular complexity index is 379. The third kappa shape index (κ3) is 3.48. The van der Waals surface area contributed by atoms with Gasteiger partial charge in [-0.15, -0.1) is 0 Å². The zero-order valence-corrected chi connectivity index (χ0v) is 12.6. The summed E-state index contributed by atoms with van der Waals surface area (Å²) in [5, 5.41) is 0. The topological polar surface area (TPSA) is 35.2 Å². The van der Waals surface area contributed by atoms with E-state index in [9.17, 15) is 0 Å². The molecule has 0 aromatic heterocycles. The van der Waals surface area contributed by atoms with Gasteiger partial charge in [-0.05, 0) is 61.4 Å². The van der Waals surface area contributed by atoms with Crippen molar-refractivity contribution in [2.75, 3.05) is 13.2 Å². The van der Waals surface area contributed by atoms with Crippen LogP contribution >= 0.6 is 15.9 Å². The van der Waals surface area contributed by atoms with Crippen LogP contribution in [0.1, 0.15) is 32.6 Å². The smallest absolute Gasteiger partial charge is 0.119 e. The van der Waals surface area contributed by atoms with Crippen molar-refractivity contribution in [3.05, 3.63) is 28.7 Å². The molecule has 1 fully saturated rings. The van der Waals surface area contributed by atoms with E-state index < -0.39 is 0 Å². The highest BCUT2D eigenvalue weighted by Gasteiger charge is 2.35. The second kappa shape index (κ2) is 6.07. The minimum atomic E-state index is 0.328. The molecule has 1 aliphatic rings. The summed E-state index contributed by atoms with van der Waals surface area (Å²) in [6, 6.07) is 8.00. The molecule has 2 atom stereocenters. The van der Waals surface area contributed by atoms with E-state index in [2.05, 4.69) is 22.9 Å². The highest BCUT2D eigenvalue weighted by atomic mass is 79.9. The van der Waals surface area contributed by atoms with Crippen molar-refractivity contribution >= 4 is 15.9 Å². The van der Waals surface area contributed by atoms with Crippen LogP contribution in [0.2, 0.25) is 0 Å². The van der Waals surface area contributed by atoms with Gasteiger partial charge < -0.3 is 10.5 Å². The average molecular weight is 312 g/mol. The van der Waals surface area contributed by atoms with Gasteiger partial charge in [0.15, 0.2) is 0 Å². The van der Waals surface area contributed by atoms with Crippen molar-refractivity contribution in [2.24, 2.45) is 17.1 Å². The Hall–Kier alpha value is -0.540. The molecule has 0 amide bonds. The maximum absolute atomic E-state index is 5.97. The predicted molar refractivity (Wildman–Crippen MR) is 78.8 cm³/mol. The van der Waals surface area contributed by atoms with Crippen LogP contribution in [0, 0.1) is 11.3 Å². The molecule has 0 saturated heterocycles. The fourth-order valence-corrected chi connectivity index (χ4v) is 3.19. The second-order valence-corrected chi connectivity index (χ2v) is 6.52. The SMILES string of the molecule is CC1CCC(CN)(CCOc2ccc(Br)cc2)C1. The number of rotatable bonds is 5. The molecule has 0 spiro atoms. The molecule has 1 aliphatic carbocycles. The van der Waals surface area contributed by atoms with Crippen molar-refractivity contribution in [1.29, 1.82) is 0 Å². The van der Waals surface area contributed by atoms with Crippen molar-refractivity contribution in [3.8, 4) is 5.75 Å². The summed E-state index contributed by atoms with van der Waals surface area (Å²) >= 11 is 3.42. The van der Waals surface area contributed by atoms with Gasteiger partial charge in [-0.2, -0.15) is 0 Å². The van der Waals surface area contributed by atoms with Crippen molar-refractivity contribution in [3.63, 3.8) is 0 Å². The molecular weight excluding hydrogens is 290 g/mol. The zero-order chi connectivity index (χ0) is 13.0. The van der Waals surface area contributed by atoms with Crippen LogP contribution in [0.4, 0.5) is 0 Å². The maximum atomic E-state index is 5.97. The lowest BCUT2D eigenvalue weighted by atomic mass is 9.82. The van der Waals surface area contributed by atoms with E-state index in [0.29, 0.717) is 5.41 Å². The van der Waals surface area contributed by atoms with Gasteiger partial charge in [-0.3, -0.25) is 0 Å².